The van der Waals surface area contributed by atoms with Crippen LogP contribution in [0.1, 0.15) is 12.6 Å². The van der Waals surface area contributed by atoms with Crippen molar-refractivity contribution < 1.29 is 9.53 Å². The quantitative estimate of drug-likeness (QED) is 0.431. The molecule has 0 atom stereocenters. The third-order valence-electron chi connectivity index (χ3n) is 6.24. The number of morpholine rings is 1. The van der Waals surface area contributed by atoms with E-state index in [1.165, 1.54) is 5.39 Å². The first kappa shape index (κ1) is 22.6. The molecule has 1 aliphatic heterocycles. The number of anilines is 1. The largest absolute Gasteiger partial charge is 0.384 e. The molecule has 1 amide bonds. The molecule has 0 unspecified atom stereocenters. The Morgan fingerprint density at radius 2 is 1.85 bits per heavy atom. The van der Waals surface area contributed by atoms with Crippen LogP contribution in [0.15, 0.2) is 54.1 Å². The van der Waals surface area contributed by atoms with Gasteiger partial charge in [0, 0.05) is 50.3 Å². The highest BCUT2D eigenvalue weighted by Crippen LogP contribution is 2.30. The third-order valence-corrected chi connectivity index (χ3v) is 6.24. The van der Waals surface area contributed by atoms with Gasteiger partial charge in [-0.2, -0.15) is 5.26 Å². The molecule has 1 fully saturated rings. The molecule has 0 aliphatic carbocycles. The van der Waals surface area contributed by atoms with E-state index in [1.807, 2.05) is 29.8 Å². The van der Waals surface area contributed by atoms with Crippen molar-refractivity contribution in [2.75, 3.05) is 44.7 Å². The van der Waals surface area contributed by atoms with Crippen LogP contribution in [0.2, 0.25) is 0 Å². The van der Waals surface area contributed by atoms with E-state index >= 15 is 0 Å². The second-order valence-electron chi connectivity index (χ2n) is 8.30. The molecule has 7 heteroatoms. The summed E-state index contributed by atoms with van der Waals surface area (Å²) in [5.41, 5.74) is 9.88. The van der Waals surface area contributed by atoms with E-state index < -0.39 is 5.91 Å². The number of allylic oxidation sites excluding steroid dienone is 1. The van der Waals surface area contributed by atoms with Crippen LogP contribution in [0.25, 0.3) is 27.6 Å². The van der Waals surface area contributed by atoms with Crippen LogP contribution in [-0.2, 0) is 16.6 Å². The number of fused-ring (bicyclic) bond motifs is 1. The summed E-state index contributed by atoms with van der Waals surface area (Å²) in [6, 6.07) is 18.6. The Morgan fingerprint density at radius 1 is 1.12 bits per heavy atom. The fraction of sp³-hybridized carbons (Fsp3) is 0.308. The number of hydrogen-bond donors (Lipinski definition) is 2. The summed E-state index contributed by atoms with van der Waals surface area (Å²) in [6.45, 7) is 7.29. The monoisotopic (exact) mass is 443 g/mol. The van der Waals surface area contributed by atoms with Crippen LogP contribution < -0.4 is 11.1 Å². The number of aromatic nitrogens is 1. The fourth-order valence-electron chi connectivity index (χ4n) is 4.33. The lowest BCUT2D eigenvalue weighted by molar-refractivity contribution is -0.114. The molecule has 170 valence electrons. The number of rotatable bonds is 7. The average Bonchev–Trinajstić information content (AvgIpc) is 3.21. The number of nitrogens with zero attached hydrogens (tertiary/aromatic N) is 3. The third kappa shape index (κ3) is 4.92. The predicted molar refractivity (Wildman–Crippen MR) is 132 cm³/mol. The van der Waals surface area contributed by atoms with E-state index in [0.29, 0.717) is 5.57 Å². The summed E-state index contributed by atoms with van der Waals surface area (Å²) in [5.74, 6) is -0.710. The van der Waals surface area contributed by atoms with Gasteiger partial charge in [0.05, 0.1) is 13.2 Å². The molecule has 2 aromatic carbocycles. The van der Waals surface area contributed by atoms with Crippen LogP contribution >= 0.6 is 0 Å². The first-order chi connectivity index (χ1) is 16.0. The van der Waals surface area contributed by atoms with Crippen molar-refractivity contribution in [3.05, 3.63) is 59.8 Å². The molecule has 3 aromatic rings. The number of hydrogen-bond acceptors (Lipinski definition) is 5. The highest BCUT2D eigenvalue weighted by molar-refractivity contribution is 6.03. The molecule has 7 nitrogen and oxygen atoms in total. The molecule has 1 aromatic heterocycles. The maximum absolute atomic E-state index is 11.6. The minimum Gasteiger partial charge on any atom is -0.384 e. The van der Waals surface area contributed by atoms with Crippen molar-refractivity contribution >= 4 is 27.9 Å². The van der Waals surface area contributed by atoms with Crippen LogP contribution in [0.3, 0.4) is 0 Å². The maximum atomic E-state index is 11.6. The fourth-order valence-corrected chi connectivity index (χ4v) is 4.33. The standard InChI is InChI=1S/C26H29N5O2/c1-18(23(17-27)26(28)32)24-7-8-25(30(24)2)21-4-3-20-16-22(6-5-19(20)15-21)29-9-10-31-11-13-33-14-12-31/h3-8,15-16,29H,9-14H2,1-2H3,(H2,28,32)/b23-18+. The molecule has 0 spiro atoms. The van der Waals surface area contributed by atoms with Crippen LogP contribution in [0.5, 0.6) is 0 Å². The van der Waals surface area contributed by atoms with Gasteiger partial charge in [-0.15, -0.1) is 0 Å². The highest BCUT2D eigenvalue weighted by atomic mass is 16.5. The van der Waals surface area contributed by atoms with Gasteiger partial charge < -0.3 is 20.4 Å². The van der Waals surface area contributed by atoms with E-state index in [0.717, 1.165) is 67.4 Å². The van der Waals surface area contributed by atoms with Crippen molar-refractivity contribution in [3.8, 4) is 17.3 Å². The smallest absolute Gasteiger partial charge is 0.259 e. The highest BCUT2D eigenvalue weighted by Gasteiger charge is 2.15. The number of nitriles is 1. The van der Waals surface area contributed by atoms with Crippen molar-refractivity contribution in [1.82, 2.24) is 9.47 Å². The zero-order valence-electron chi connectivity index (χ0n) is 19.1. The number of carbonyl (C=O) groups excluding carboxylic acids is 1. The van der Waals surface area contributed by atoms with Crippen LogP contribution in [0.4, 0.5) is 5.69 Å². The predicted octanol–water partition coefficient (Wildman–Crippen LogP) is 3.37. The molecule has 0 saturated carbocycles. The normalized spacial score (nSPS) is 15.2. The SMILES string of the molecule is C/C(=C(/C#N)C(N)=O)c1ccc(-c2ccc3cc(NCCN4CCOCC4)ccc3c2)n1C. The number of nitrogens with one attached hydrogen (secondary N) is 1. The lowest BCUT2D eigenvalue weighted by Crippen LogP contribution is -2.38. The summed E-state index contributed by atoms with van der Waals surface area (Å²) in [4.78, 5) is 14.0. The molecule has 1 saturated heterocycles. The summed E-state index contributed by atoms with van der Waals surface area (Å²) >= 11 is 0. The molecular weight excluding hydrogens is 414 g/mol. The minimum absolute atomic E-state index is 0.0186. The van der Waals surface area contributed by atoms with E-state index in [1.54, 1.807) is 6.92 Å². The zero-order valence-corrected chi connectivity index (χ0v) is 19.1. The van der Waals surface area contributed by atoms with Crippen molar-refractivity contribution in [2.24, 2.45) is 12.8 Å². The summed E-state index contributed by atoms with van der Waals surface area (Å²) in [5, 5.41) is 15.1. The Labute approximate surface area is 194 Å². The van der Waals surface area contributed by atoms with Gasteiger partial charge in [0.2, 0.25) is 0 Å². The van der Waals surface area contributed by atoms with Crippen molar-refractivity contribution in [2.45, 2.75) is 6.92 Å². The van der Waals surface area contributed by atoms with E-state index in [9.17, 15) is 10.1 Å². The second kappa shape index (κ2) is 9.90. The first-order valence-corrected chi connectivity index (χ1v) is 11.1. The lowest BCUT2D eigenvalue weighted by atomic mass is 10.0. The van der Waals surface area contributed by atoms with Gasteiger partial charge in [0.1, 0.15) is 11.6 Å². The topological polar surface area (TPSA) is 96.3 Å². The van der Waals surface area contributed by atoms with Gasteiger partial charge in [0.15, 0.2) is 0 Å². The Bertz CT molecular complexity index is 1250. The molecule has 4 rings (SSSR count). The number of nitrogens with two attached hydrogens (primary N) is 1. The number of carbonyl (C=O) groups is 1. The molecule has 0 radical (unpaired) electrons. The lowest BCUT2D eigenvalue weighted by Gasteiger charge is -2.26. The van der Waals surface area contributed by atoms with Gasteiger partial charge in [-0.1, -0.05) is 18.2 Å². The Kier molecular flexibility index (Phi) is 6.78. The zero-order chi connectivity index (χ0) is 23.4. The minimum atomic E-state index is -0.710. The van der Waals surface area contributed by atoms with Crippen molar-refractivity contribution in [1.29, 1.82) is 5.26 Å². The van der Waals surface area contributed by atoms with E-state index in [-0.39, 0.29) is 5.57 Å². The van der Waals surface area contributed by atoms with Gasteiger partial charge >= 0.3 is 0 Å². The molecule has 1 aliphatic rings. The Hall–Kier alpha value is -3.60. The Morgan fingerprint density at radius 3 is 2.58 bits per heavy atom. The van der Waals surface area contributed by atoms with Crippen LogP contribution in [-0.4, -0.2) is 54.8 Å². The van der Waals surface area contributed by atoms with Crippen LogP contribution in [0, 0.1) is 11.3 Å². The maximum Gasteiger partial charge on any atom is 0.259 e. The van der Waals surface area contributed by atoms with Crippen molar-refractivity contribution in [3.63, 3.8) is 0 Å². The average molecular weight is 444 g/mol. The first-order valence-electron chi connectivity index (χ1n) is 11.1. The summed E-state index contributed by atoms with van der Waals surface area (Å²) in [7, 11) is 1.93. The summed E-state index contributed by atoms with van der Waals surface area (Å²) < 4.78 is 7.39. The molecule has 33 heavy (non-hydrogen) atoms. The number of benzene rings is 2. The van der Waals surface area contributed by atoms with Gasteiger partial charge in [-0.25, -0.2) is 0 Å². The summed E-state index contributed by atoms with van der Waals surface area (Å²) in [6.07, 6.45) is 0. The number of ether oxygens (including phenoxy) is 1. The van der Waals surface area contributed by atoms with Gasteiger partial charge in [-0.3, -0.25) is 9.69 Å². The van der Waals surface area contributed by atoms with Gasteiger partial charge in [-0.05, 0) is 59.2 Å². The van der Waals surface area contributed by atoms with E-state index in [2.05, 4.69) is 46.6 Å². The van der Waals surface area contributed by atoms with Gasteiger partial charge in [0.25, 0.3) is 5.91 Å². The molecule has 0 bridgehead atoms. The number of amides is 1. The second-order valence-corrected chi connectivity index (χ2v) is 8.30. The molecule has 2 heterocycles. The van der Waals surface area contributed by atoms with E-state index in [4.69, 9.17) is 10.5 Å². The number of primary amides is 1. The Balaban J connectivity index is 1.52. The molecule has 3 N–H and O–H groups in total. The molecular formula is C26H29N5O2.